The van der Waals surface area contributed by atoms with Crippen molar-refractivity contribution >= 4 is 5.97 Å². The number of nitrogens with zero attached hydrogens (tertiary/aromatic N) is 1. The zero-order valence-corrected chi connectivity index (χ0v) is 8.44. The fourth-order valence-corrected chi connectivity index (χ4v) is 1.15. The SMILES string of the molecule is CC(NN(C)C)c1ccc(C(=O)O)o1. The van der Waals surface area contributed by atoms with E-state index in [0.717, 1.165) is 0 Å². The molecule has 78 valence electrons. The largest absolute Gasteiger partial charge is 0.475 e. The number of carboxylic acid groups (broad SMARTS) is 1. The summed E-state index contributed by atoms with van der Waals surface area (Å²) in [6.45, 7) is 1.89. The molecule has 0 aliphatic heterocycles. The molecule has 0 bridgehead atoms. The Hall–Kier alpha value is -1.33. The highest BCUT2D eigenvalue weighted by Crippen LogP contribution is 2.16. The summed E-state index contributed by atoms with van der Waals surface area (Å²) in [6, 6.07) is 3.06. The fraction of sp³-hybridized carbons (Fsp3) is 0.444. The Labute approximate surface area is 82.3 Å². The first-order chi connectivity index (χ1) is 6.50. The van der Waals surface area contributed by atoms with E-state index in [-0.39, 0.29) is 11.8 Å². The molecular formula is C9H14N2O3. The van der Waals surface area contributed by atoms with Crippen molar-refractivity contribution in [3.05, 3.63) is 23.7 Å². The van der Waals surface area contributed by atoms with Crippen LogP contribution in [0.15, 0.2) is 16.5 Å². The molecule has 5 heteroatoms. The van der Waals surface area contributed by atoms with Crippen LogP contribution >= 0.6 is 0 Å². The molecule has 1 atom stereocenters. The Morgan fingerprint density at radius 3 is 2.64 bits per heavy atom. The lowest BCUT2D eigenvalue weighted by Crippen LogP contribution is -2.32. The van der Waals surface area contributed by atoms with Crippen LogP contribution in [-0.2, 0) is 0 Å². The maximum absolute atomic E-state index is 10.5. The zero-order valence-electron chi connectivity index (χ0n) is 8.44. The van der Waals surface area contributed by atoms with Gasteiger partial charge in [-0.15, -0.1) is 0 Å². The number of carboxylic acids is 1. The van der Waals surface area contributed by atoms with E-state index >= 15 is 0 Å². The minimum Gasteiger partial charge on any atom is -0.475 e. The molecule has 5 nitrogen and oxygen atoms in total. The highest BCUT2D eigenvalue weighted by molar-refractivity contribution is 5.84. The quantitative estimate of drug-likeness (QED) is 0.709. The molecule has 1 aromatic heterocycles. The van der Waals surface area contributed by atoms with Crippen molar-refractivity contribution in [2.24, 2.45) is 0 Å². The summed E-state index contributed by atoms with van der Waals surface area (Å²) in [5.74, 6) is -0.475. The summed E-state index contributed by atoms with van der Waals surface area (Å²) < 4.78 is 5.12. The van der Waals surface area contributed by atoms with Crippen molar-refractivity contribution in [3.63, 3.8) is 0 Å². The summed E-state index contributed by atoms with van der Waals surface area (Å²) >= 11 is 0. The third-order valence-corrected chi connectivity index (χ3v) is 1.72. The zero-order chi connectivity index (χ0) is 10.7. The van der Waals surface area contributed by atoms with Gasteiger partial charge in [-0.2, -0.15) is 0 Å². The molecule has 0 fully saturated rings. The van der Waals surface area contributed by atoms with Crippen molar-refractivity contribution in [3.8, 4) is 0 Å². The van der Waals surface area contributed by atoms with Crippen LogP contribution in [0.2, 0.25) is 0 Å². The van der Waals surface area contributed by atoms with E-state index in [1.165, 1.54) is 6.07 Å². The van der Waals surface area contributed by atoms with Crippen molar-refractivity contribution in [1.82, 2.24) is 10.4 Å². The molecule has 0 aromatic carbocycles. The molecule has 0 amide bonds. The average Bonchev–Trinajstić information content (AvgIpc) is 2.50. The number of hydrogen-bond donors (Lipinski definition) is 2. The number of rotatable bonds is 4. The molecule has 1 rings (SSSR count). The van der Waals surface area contributed by atoms with Crippen LogP contribution in [0.25, 0.3) is 0 Å². The summed E-state index contributed by atoms with van der Waals surface area (Å²) in [5.41, 5.74) is 3.06. The minimum absolute atomic E-state index is 0.0348. The van der Waals surface area contributed by atoms with Gasteiger partial charge in [0.2, 0.25) is 5.76 Å². The highest BCUT2D eigenvalue weighted by atomic mass is 16.4. The Bertz CT molecular complexity index is 320. The normalized spacial score (nSPS) is 13.1. The van der Waals surface area contributed by atoms with Gasteiger partial charge in [0.15, 0.2) is 0 Å². The van der Waals surface area contributed by atoms with Crippen molar-refractivity contribution in [2.45, 2.75) is 13.0 Å². The number of furan rings is 1. The van der Waals surface area contributed by atoms with Crippen LogP contribution in [0.1, 0.15) is 29.3 Å². The molecular weight excluding hydrogens is 184 g/mol. The smallest absolute Gasteiger partial charge is 0.371 e. The summed E-state index contributed by atoms with van der Waals surface area (Å²) in [4.78, 5) is 10.5. The van der Waals surface area contributed by atoms with Gasteiger partial charge in [-0.25, -0.2) is 15.2 Å². The lowest BCUT2D eigenvalue weighted by molar-refractivity contribution is 0.0658. The number of aromatic carboxylic acids is 1. The lowest BCUT2D eigenvalue weighted by Gasteiger charge is -2.16. The van der Waals surface area contributed by atoms with Gasteiger partial charge in [0.05, 0.1) is 6.04 Å². The van der Waals surface area contributed by atoms with E-state index in [1.807, 2.05) is 21.0 Å². The molecule has 2 N–H and O–H groups in total. The first kappa shape index (κ1) is 10.7. The molecule has 0 aliphatic carbocycles. The van der Waals surface area contributed by atoms with Gasteiger partial charge in [-0.05, 0) is 19.1 Å². The summed E-state index contributed by atoms with van der Waals surface area (Å²) in [5, 5.41) is 10.4. The van der Waals surface area contributed by atoms with Crippen LogP contribution in [-0.4, -0.2) is 30.2 Å². The van der Waals surface area contributed by atoms with Gasteiger partial charge in [0.1, 0.15) is 5.76 Å². The molecule has 0 saturated heterocycles. The molecule has 1 heterocycles. The van der Waals surface area contributed by atoms with Crippen LogP contribution in [0.4, 0.5) is 0 Å². The second kappa shape index (κ2) is 4.26. The monoisotopic (exact) mass is 198 g/mol. The maximum Gasteiger partial charge on any atom is 0.371 e. The topological polar surface area (TPSA) is 65.7 Å². The van der Waals surface area contributed by atoms with E-state index in [2.05, 4.69) is 5.43 Å². The Balaban J connectivity index is 2.71. The number of hydrogen-bond acceptors (Lipinski definition) is 4. The van der Waals surface area contributed by atoms with Crippen molar-refractivity contribution in [1.29, 1.82) is 0 Å². The minimum atomic E-state index is -1.05. The maximum atomic E-state index is 10.5. The van der Waals surface area contributed by atoms with E-state index in [9.17, 15) is 4.79 Å². The molecule has 0 aliphatic rings. The fourth-order valence-electron chi connectivity index (χ4n) is 1.15. The van der Waals surface area contributed by atoms with Gasteiger partial charge in [-0.1, -0.05) is 0 Å². The van der Waals surface area contributed by atoms with Gasteiger partial charge in [0.25, 0.3) is 0 Å². The molecule has 0 spiro atoms. The molecule has 1 unspecified atom stereocenters. The number of carbonyl (C=O) groups is 1. The number of nitrogens with one attached hydrogen (secondary N) is 1. The van der Waals surface area contributed by atoms with Crippen molar-refractivity contribution < 1.29 is 14.3 Å². The second-order valence-electron chi connectivity index (χ2n) is 3.25. The van der Waals surface area contributed by atoms with Gasteiger partial charge >= 0.3 is 5.97 Å². The predicted octanol–water partition coefficient (Wildman–Crippen LogP) is 1.11. The van der Waals surface area contributed by atoms with Gasteiger partial charge < -0.3 is 9.52 Å². The van der Waals surface area contributed by atoms with Crippen LogP contribution < -0.4 is 5.43 Å². The number of hydrazine groups is 1. The van der Waals surface area contributed by atoms with E-state index in [0.29, 0.717) is 5.76 Å². The molecule has 0 radical (unpaired) electrons. The first-order valence-electron chi connectivity index (χ1n) is 4.27. The lowest BCUT2D eigenvalue weighted by atomic mass is 10.3. The van der Waals surface area contributed by atoms with Crippen LogP contribution in [0.5, 0.6) is 0 Å². The highest BCUT2D eigenvalue weighted by Gasteiger charge is 2.13. The van der Waals surface area contributed by atoms with E-state index in [1.54, 1.807) is 11.1 Å². The second-order valence-corrected chi connectivity index (χ2v) is 3.25. The first-order valence-corrected chi connectivity index (χ1v) is 4.27. The Morgan fingerprint density at radius 2 is 2.21 bits per heavy atom. The molecule has 1 aromatic rings. The molecule has 0 saturated carbocycles. The Morgan fingerprint density at radius 1 is 1.57 bits per heavy atom. The van der Waals surface area contributed by atoms with Crippen molar-refractivity contribution in [2.75, 3.05) is 14.1 Å². The van der Waals surface area contributed by atoms with Crippen LogP contribution in [0, 0.1) is 0 Å². The third-order valence-electron chi connectivity index (χ3n) is 1.72. The summed E-state index contributed by atoms with van der Waals surface area (Å²) in [6.07, 6.45) is 0. The predicted molar refractivity (Wildman–Crippen MR) is 50.9 cm³/mol. The Kier molecular flexibility index (Phi) is 3.27. The summed E-state index contributed by atoms with van der Waals surface area (Å²) in [7, 11) is 3.72. The van der Waals surface area contributed by atoms with Gasteiger partial charge in [0, 0.05) is 14.1 Å². The van der Waals surface area contributed by atoms with Gasteiger partial charge in [-0.3, -0.25) is 0 Å². The third kappa shape index (κ3) is 2.58. The average molecular weight is 198 g/mol. The standard InChI is InChI=1S/C9H14N2O3/c1-6(10-11(2)3)7-4-5-8(14-7)9(12)13/h4-6,10H,1-3H3,(H,12,13). The van der Waals surface area contributed by atoms with Crippen LogP contribution in [0.3, 0.4) is 0 Å². The van der Waals surface area contributed by atoms with E-state index in [4.69, 9.17) is 9.52 Å². The van der Waals surface area contributed by atoms with E-state index < -0.39 is 5.97 Å². The molecule has 14 heavy (non-hydrogen) atoms.